The van der Waals surface area contributed by atoms with Crippen molar-refractivity contribution in [2.75, 3.05) is 13.7 Å². The molecule has 1 atom stereocenters. The highest BCUT2D eigenvalue weighted by Crippen LogP contribution is 2.32. The predicted molar refractivity (Wildman–Crippen MR) is 90.9 cm³/mol. The third kappa shape index (κ3) is 3.83. The van der Waals surface area contributed by atoms with Crippen LogP contribution >= 0.6 is 12.4 Å². The first-order valence-electron chi connectivity index (χ1n) is 7.41. The topological polar surface area (TPSA) is 93.0 Å². The van der Waals surface area contributed by atoms with Gasteiger partial charge in [-0.3, -0.25) is 9.89 Å². The molecule has 1 heterocycles. The van der Waals surface area contributed by atoms with Gasteiger partial charge < -0.3 is 15.8 Å². The van der Waals surface area contributed by atoms with Crippen LogP contribution in [0, 0.1) is 5.92 Å². The van der Waals surface area contributed by atoms with Crippen molar-refractivity contribution in [3.63, 3.8) is 0 Å². The van der Waals surface area contributed by atoms with E-state index in [-0.39, 0.29) is 24.4 Å². The molecular weight excluding hydrogens is 316 g/mol. The molecule has 1 saturated carbocycles. The molecule has 0 aliphatic heterocycles. The molecule has 0 saturated heterocycles. The summed E-state index contributed by atoms with van der Waals surface area (Å²) in [4.78, 5) is 12.5. The van der Waals surface area contributed by atoms with Crippen LogP contribution in [-0.4, -0.2) is 35.8 Å². The summed E-state index contributed by atoms with van der Waals surface area (Å²) in [6.07, 6.45) is 3.83. The second-order valence-corrected chi connectivity index (χ2v) is 5.54. The molecule has 124 valence electrons. The number of amides is 1. The molecule has 4 N–H and O–H groups in total. The van der Waals surface area contributed by atoms with Crippen molar-refractivity contribution < 1.29 is 9.53 Å². The van der Waals surface area contributed by atoms with Gasteiger partial charge in [-0.25, -0.2) is 0 Å². The smallest absolute Gasteiger partial charge is 0.255 e. The van der Waals surface area contributed by atoms with Crippen LogP contribution in [0.2, 0.25) is 0 Å². The molecule has 6 nitrogen and oxygen atoms in total. The van der Waals surface area contributed by atoms with Gasteiger partial charge >= 0.3 is 0 Å². The van der Waals surface area contributed by atoms with Crippen molar-refractivity contribution in [2.45, 2.75) is 18.9 Å². The van der Waals surface area contributed by atoms with Gasteiger partial charge in [-0.2, -0.15) is 5.10 Å². The molecule has 1 aromatic heterocycles. The highest BCUT2D eigenvalue weighted by atomic mass is 35.5. The molecule has 3 rings (SSSR count). The van der Waals surface area contributed by atoms with Crippen molar-refractivity contribution in [1.29, 1.82) is 0 Å². The Kier molecular flexibility index (Phi) is 5.63. The van der Waals surface area contributed by atoms with E-state index >= 15 is 0 Å². The fourth-order valence-electron chi connectivity index (χ4n) is 2.55. The van der Waals surface area contributed by atoms with Crippen molar-refractivity contribution in [2.24, 2.45) is 11.7 Å². The average molecular weight is 337 g/mol. The lowest BCUT2D eigenvalue weighted by molar-refractivity contribution is 0.0934. The SMILES string of the molecule is COc1ccc(-c2[nH]ncc2C(=O)NC(CN)C2CC2)cc1.Cl. The quantitative estimate of drug-likeness (QED) is 0.752. The number of nitrogens with one attached hydrogen (secondary N) is 2. The number of nitrogens with zero attached hydrogens (tertiary/aromatic N) is 1. The first-order valence-corrected chi connectivity index (χ1v) is 7.41. The summed E-state index contributed by atoms with van der Waals surface area (Å²) in [6.45, 7) is 0.464. The first-order chi connectivity index (χ1) is 10.7. The number of carbonyl (C=O) groups excluding carboxylic acids is 1. The number of carbonyl (C=O) groups is 1. The zero-order valence-corrected chi connectivity index (χ0v) is 13.7. The third-order valence-electron chi connectivity index (χ3n) is 4.02. The van der Waals surface area contributed by atoms with Gasteiger partial charge in [0.25, 0.3) is 5.91 Å². The normalized spacial score (nSPS) is 14.7. The second kappa shape index (κ2) is 7.48. The lowest BCUT2D eigenvalue weighted by Gasteiger charge is -2.16. The van der Waals surface area contributed by atoms with E-state index in [1.54, 1.807) is 13.3 Å². The van der Waals surface area contributed by atoms with Crippen molar-refractivity contribution >= 4 is 18.3 Å². The Balaban J connectivity index is 0.00000192. The van der Waals surface area contributed by atoms with E-state index in [0.717, 1.165) is 24.2 Å². The van der Waals surface area contributed by atoms with Crippen LogP contribution in [0.3, 0.4) is 0 Å². The largest absolute Gasteiger partial charge is 0.497 e. The Bertz CT molecular complexity index is 652. The molecule has 1 unspecified atom stereocenters. The van der Waals surface area contributed by atoms with E-state index in [4.69, 9.17) is 10.5 Å². The van der Waals surface area contributed by atoms with Crippen LogP contribution in [0.25, 0.3) is 11.3 Å². The fourth-order valence-corrected chi connectivity index (χ4v) is 2.55. The molecule has 0 radical (unpaired) electrons. The summed E-state index contributed by atoms with van der Waals surface area (Å²) >= 11 is 0. The Morgan fingerprint density at radius 2 is 2.13 bits per heavy atom. The molecule has 1 amide bonds. The Morgan fingerprint density at radius 3 is 2.70 bits per heavy atom. The zero-order chi connectivity index (χ0) is 15.5. The summed E-state index contributed by atoms with van der Waals surface area (Å²) in [6, 6.07) is 7.54. The summed E-state index contributed by atoms with van der Waals surface area (Å²) in [7, 11) is 1.62. The van der Waals surface area contributed by atoms with Crippen LogP contribution in [0.15, 0.2) is 30.5 Å². The maximum Gasteiger partial charge on any atom is 0.255 e. The van der Waals surface area contributed by atoms with E-state index in [1.165, 1.54) is 0 Å². The van der Waals surface area contributed by atoms with Gasteiger partial charge in [-0.1, -0.05) is 0 Å². The van der Waals surface area contributed by atoms with Crippen LogP contribution in [-0.2, 0) is 0 Å². The molecule has 1 aromatic carbocycles. The number of rotatable bonds is 6. The number of ether oxygens (including phenoxy) is 1. The van der Waals surface area contributed by atoms with E-state index in [1.807, 2.05) is 24.3 Å². The minimum Gasteiger partial charge on any atom is -0.497 e. The molecule has 1 aliphatic rings. The number of benzene rings is 1. The maximum absolute atomic E-state index is 12.5. The van der Waals surface area contributed by atoms with Gasteiger partial charge in [0.05, 0.1) is 24.6 Å². The third-order valence-corrected chi connectivity index (χ3v) is 4.02. The Labute approximate surface area is 141 Å². The minimum atomic E-state index is -0.137. The standard InChI is InChI=1S/C16H20N4O2.ClH/c1-22-12-6-4-11(5-7-12)15-13(9-18-20-15)16(21)19-14(8-17)10-2-3-10;/h4-7,9-10,14H,2-3,8,17H2,1H3,(H,18,20)(H,19,21);1H. The van der Waals surface area contributed by atoms with Gasteiger partial charge in [0.1, 0.15) is 5.75 Å². The van der Waals surface area contributed by atoms with Crippen molar-refractivity contribution in [3.8, 4) is 17.0 Å². The van der Waals surface area contributed by atoms with Gasteiger partial charge in [0.15, 0.2) is 0 Å². The number of H-pyrrole nitrogens is 1. The number of nitrogens with two attached hydrogens (primary N) is 1. The number of aromatic amines is 1. The van der Waals surface area contributed by atoms with Gasteiger partial charge in [0.2, 0.25) is 0 Å². The van der Waals surface area contributed by atoms with E-state index in [2.05, 4.69) is 15.5 Å². The number of hydrogen-bond donors (Lipinski definition) is 3. The predicted octanol–water partition coefficient (Wildman–Crippen LogP) is 1.97. The second-order valence-electron chi connectivity index (χ2n) is 5.54. The number of aromatic nitrogens is 2. The van der Waals surface area contributed by atoms with Crippen molar-refractivity contribution in [3.05, 3.63) is 36.0 Å². The van der Waals surface area contributed by atoms with Gasteiger partial charge in [-0.15, -0.1) is 12.4 Å². The number of methoxy groups -OCH3 is 1. The van der Waals surface area contributed by atoms with Crippen LogP contribution < -0.4 is 15.8 Å². The van der Waals surface area contributed by atoms with Crippen LogP contribution in [0.4, 0.5) is 0 Å². The molecule has 2 aromatic rings. The summed E-state index contributed by atoms with van der Waals surface area (Å²) in [5.41, 5.74) is 7.86. The highest BCUT2D eigenvalue weighted by molar-refractivity contribution is 5.99. The number of hydrogen-bond acceptors (Lipinski definition) is 4. The molecule has 0 spiro atoms. The maximum atomic E-state index is 12.5. The molecule has 0 bridgehead atoms. The van der Waals surface area contributed by atoms with Crippen LogP contribution in [0.5, 0.6) is 5.75 Å². The zero-order valence-electron chi connectivity index (χ0n) is 12.9. The van der Waals surface area contributed by atoms with E-state index < -0.39 is 0 Å². The van der Waals surface area contributed by atoms with Gasteiger partial charge in [-0.05, 0) is 43.0 Å². The summed E-state index contributed by atoms with van der Waals surface area (Å²) < 4.78 is 5.15. The molecule has 1 aliphatic carbocycles. The molecular formula is C16H21ClN4O2. The van der Waals surface area contributed by atoms with Crippen LogP contribution in [0.1, 0.15) is 23.2 Å². The molecule has 1 fully saturated rings. The minimum absolute atomic E-state index is 0. The van der Waals surface area contributed by atoms with Crippen molar-refractivity contribution in [1.82, 2.24) is 15.5 Å². The average Bonchev–Trinajstić information content (AvgIpc) is 3.28. The highest BCUT2D eigenvalue weighted by Gasteiger charge is 2.32. The fraction of sp³-hybridized carbons (Fsp3) is 0.375. The van der Waals surface area contributed by atoms with Gasteiger partial charge in [0, 0.05) is 18.2 Å². The summed E-state index contributed by atoms with van der Waals surface area (Å²) in [5, 5.41) is 9.92. The number of halogens is 1. The monoisotopic (exact) mass is 336 g/mol. The Morgan fingerprint density at radius 1 is 1.43 bits per heavy atom. The lowest BCUT2D eigenvalue weighted by Crippen LogP contribution is -2.41. The Hall–Kier alpha value is -2.05. The summed E-state index contributed by atoms with van der Waals surface area (Å²) in [5.74, 6) is 1.15. The van der Waals surface area contributed by atoms with E-state index in [9.17, 15) is 4.79 Å². The van der Waals surface area contributed by atoms with E-state index in [0.29, 0.717) is 23.7 Å². The lowest BCUT2D eigenvalue weighted by atomic mass is 10.1. The molecule has 7 heteroatoms. The molecule has 23 heavy (non-hydrogen) atoms. The first kappa shape index (κ1) is 17.3.